The summed E-state index contributed by atoms with van der Waals surface area (Å²) in [7, 11) is 1.32. The molecule has 0 bridgehead atoms. The molecule has 0 unspecified atom stereocenters. The van der Waals surface area contributed by atoms with Crippen LogP contribution in [0.25, 0.3) is 10.8 Å². The third kappa shape index (κ3) is 4.03. The SMILES string of the molecule is CCC(=O)c1cc2ccccc2cc1C(=O)CCCC(=O)OC. The summed E-state index contributed by atoms with van der Waals surface area (Å²) in [6.45, 7) is 1.78. The van der Waals surface area contributed by atoms with Crippen molar-refractivity contribution in [3.63, 3.8) is 0 Å². The first-order chi connectivity index (χ1) is 11.1. The third-order valence-corrected chi connectivity index (χ3v) is 3.82. The molecule has 0 N–H and O–H groups in total. The molecule has 120 valence electrons. The fourth-order valence-corrected chi connectivity index (χ4v) is 2.52. The Hall–Kier alpha value is -2.49. The van der Waals surface area contributed by atoms with Gasteiger partial charge in [0.2, 0.25) is 0 Å². The highest BCUT2D eigenvalue weighted by Crippen LogP contribution is 2.23. The second kappa shape index (κ2) is 7.68. The molecule has 2 rings (SSSR count). The summed E-state index contributed by atoms with van der Waals surface area (Å²) >= 11 is 0. The Morgan fingerprint density at radius 1 is 0.913 bits per heavy atom. The second-order valence-corrected chi connectivity index (χ2v) is 5.37. The van der Waals surface area contributed by atoms with Crippen molar-refractivity contribution in [1.29, 1.82) is 0 Å². The highest BCUT2D eigenvalue weighted by Gasteiger charge is 2.17. The van der Waals surface area contributed by atoms with Crippen LogP contribution in [0.15, 0.2) is 36.4 Å². The van der Waals surface area contributed by atoms with Crippen molar-refractivity contribution >= 4 is 28.3 Å². The normalized spacial score (nSPS) is 10.5. The molecule has 23 heavy (non-hydrogen) atoms. The molecule has 0 radical (unpaired) electrons. The molecule has 0 aliphatic rings. The zero-order valence-corrected chi connectivity index (χ0v) is 13.4. The number of fused-ring (bicyclic) bond motifs is 1. The fraction of sp³-hybridized carbons (Fsp3) is 0.316. The average molecular weight is 312 g/mol. The van der Waals surface area contributed by atoms with Crippen molar-refractivity contribution in [1.82, 2.24) is 0 Å². The van der Waals surface area contributed by atoms with E-state index in [0.29, 0.717) is 24.0 Å². The van der Waals surface area contributed by atoms with E-state index < -0.39 is 0 Å². The molecule has 0 heterocycles. The Morgan fingerprint density at radius 3 is 2.00 bits per heavy atom. The van der Waals surface area contributed by atoms with E-state index in [1.807, 2.05) is 24.3 Å². The van der Waals surface area contributed by atoms with Crippen molar-refractivity contribution in [2.24, 2.45) is 0 Å². The van der Waals surface area contributed by atoms with Crippen LogP contribution in [0.2, 0.25) is 0 Å². The molecule has 0 fully saturated rings. The smallest absolute Gasteiger partial charge is 0.305 e. The maximum absolute atomic E-state index is 12.5. The number of rotatable bonds is 7. The molecule has 0 atom stereocenters. The molecule has 2 aromatic carbocycles. The summed E-state index contributed by atoms with van der Waals surface area (Å²) in [6.07, 6.45) is 1.18. The first kappa shape index (κ1) is 16.9. The van der Waals surface area contributed by atoms with E-state index in [4.69, 9.17) is 0 Å². The number of methoxy groups -OCH3 is 1. The van der Waals surface area contributed by atoms with Gasteiger partial charge in [0.25, 0.3) is 0 Å². The number of benzene rings is 2. The van der Waals surface area contributed by atoms with Gasteiger partial charge in [-0.3, -0.25) is 14.4 Å². The minimum atomic E-state index is -0.332. The van der Waals surface area contributed by atoms with Crippen molar-refractivity contribution in [3.8, 4) is 0 Å². The highest BCUT2D eigenvalue weighted by molar-refractivity contribution is 6.11. The lowest BCUT2D eigenvalue weighted by molar-refractivity contribution is -0.140. The van der Waals surface area contributed by atoms with Gasteiger partial charge >= 0.3 is 5.97 Å². The van der Waals surface area contributed by atoms with E-state index in [1.165, 1.54) is 7.11 Å². The van der Waals surface area contributed by atoms with Gasteiger partial charge in [0.1, 0.15) is 0 Å². The van der Waals surface area contributed by atoms with Crippen molar-refractivity contribution in [2.75, 3.05) is 7.11 Å². The molecule has 2 aromatic rings. The van der Waals surface area contributed by atoms with Gasteiger partial charge in [0, 0.05) is 30.4 Å². The molecule has 0 saturated carbocycles. The van der Waals surface area contributed by atoms with Gasteiger partial charge in [-0.05, 0) is 29.3 Å². The first-order valence-electron chi connectivity index (χ1n) is 7.72. The zero-order chi connectivity index (χ0) is 16.8. The zero-order valence-electron chi connectivity index (χ0n) is 13.4. The van der Waals surface area contributed by atoms with Crippen molar-refractivity contribution < 1.29 is 19.1 Å². The summed E-state index contributed by atoms with van der Waals surface area (Å²) in [4.78, 5) is 35.8. The van der Waals surface area contributed by atoms with Crippen LogP contribution in [0.4, 0.5) is 0 Å². The monoisotopic (exact) mass is 312 g/mol. The summed E-state index contributed by atoms with van der Waals surface area (Å²) in [5.74, 6) is -0.496. The van der Waals surface area contributed by atoms with E-state index in [-0.39, 0.29) is 30.4 Å². The molecule has 0 aliphatic carbocycles. The number of carbonyl (C=O) groups excluding carboxylic acids is 3. The molecule has 0 spiro atoms. The predicted molar refractivity (Wildman–Crippen MR) is 88.8 cm³/mol. The molecule has 0 aromatic heterocycles. The van der Waals surface area contributed by atoms with Crippen LogP contribution >= 0.6 is 0 Å². The summed E-state index contributed by atoms with van der Waals surface area (Å²) < 4.78 is 4.57. The number of hydrogen-bond donors (Lipinski definition) is 0. The number of ketones is 2. The van der Waals surface area contributed by atoms with Crippen molar-refractivity contribution in [3.05, 3.63) is 47.5 Å². The van der Waals surface area contributed by atoms with Crippen LogP contribution in [-0.2, 0) is 9.53 Å². The van der Waals surface area contributed by atoms with E-state index in [0.717, 1.165) is 10.8 Å². The fourth-order valence-electron chi connectivity index (χ4n) is 2.52. The Labute approximate surface area is 135 Å². The van der Waals surface area contributed by atoms with Gasteiger partial charge in [-0.1, -0.05) is 31.2 Å². The highest BCUT2D eigenvalue weighted by atomic mass is 16.5. The quantitative estimate of drug-likeness (QED) is 0.573. The standard InChI is InChI=1S/C19H20O4/c1-3-17(20)15-11-13-7-4-5-8-14(13)12-16(15)18(21)9-6-10-19(22)23-2/h4-5,7-8,11-12H,3,6,9-10H2,1-2H3. The maximum atomic E-state index is 12.5. The molecule has 4 nitrogen and oxygen atoms in total. The van der Waals surface area contributed by atoms with Gasteiger partial charge < -0.3 is 4.74 Å². The first-order valence-corrected chi connectivity index (χ1v) is 7.72. The average Bonchev–Trinajstić information content (AvgIpc) is 2.59. The van der Waals surface area contributed by atoms with E-state index in [2.05, 4.69) is 4.74 Å². The molecule has 4 heteroatoms. The lowest BCUT2D eigenvalue weighted by atomic mass is 9.93. The molecular weight excluding hydrogens is 292 g/mol. The Bertz CT molecular complexity index is 746. The van der Waals surface area contributed by atoms with Gasteiger partial charge in [0.15, 0.2) is 11.6 Å². The van der Waals surface area contributed by atoms with E-state index in [9.17, 15) is 14.4 Å². The van der Waals surface area contributed by atoms with Crippen LogP contribution in [0.5, 0.6) is 0 Å². The lowest BCUT2D eigenvalue weighted by Crippen LogP contribution is -2.10. The summed E-state index contributed by atoms with van der Waals surface area (Å²) in [5, 5.41) is 1.87. The Kier molecular flexibility index (Phi) is 5.63. The number of hydrogen-bond acceptors (Lipinski definition) is 4. The summed E-state index contributed by atoms with van der Waals surface area (Å²) in [6, 6.07) is 11.2. The molecule has 0 saturated heterocycles. The van der Waals surface area contributed by atoms with Crippen LogP contribution in [0, 0.1) is 0 Å². The van der Waals surface area contributed by atoms with Gasteiger partial charge in [0.05, 0.1) is 7.11 Å². The molecule has 0 aliphatic heterocycles. The Balaban J connectivity index is 2.31. The maximum Gasteiger partial charge on any atom is 0.305 e. The predicted octanol–water partition coefficient (Wildman–Crippen LogP) is 3.96. The number of Topliss-reactive ketones (excluding diaryl/α,β-unsaturated/α-hetero) is 2. The van der Waals surface area contributed by atoms with Crippen LogP contribution in [-0.4, -0.2) is 24.6 Å². The van der Waals surface area contributed by atoms with E-state index in [1.54, 1.807) is 19.1 Å². The van der Waals surface area contributed by atoms with Crippen molar-refractivity contribution in [2.45, 2.75) is 32.6 Å². The number of carbonyl (C=O) groups is 3. The number of ether oxygens (including phenoxy) is 1. The number of esters is 1. The van der Waals surface area contributed by atoms with Crippen LogP contribution in [0.1, 0.15) is 53.3 Å². The third-order valence-electron chi connectivity index (χ3n) is 3.82. The summed E-state index contributed by atoms with van der Waals surface area (Å²) in [5.41, 5.74) is 0.912. The molecule has 0 amide bonds. The topological polar surface area (TPSA) is 60.4 Å². The van der Waals surface area contributed by atoms with Crippen LogP contribution < -0.4 is 0 Å². The van der Waals surface area contributed by atoms with Crippen LogP contribution in [0.3, 0.4) is 0 Å². The van der Waals surface area contributed by atoms with Gasteiger partial charge in [-0.15, -0.1) is 0 Å². The molecular formula is C19H20O4. The Morgan fingerprint density at radius 2 is 1.48 bits per heavy atom. The largest absolute Gasteiger partial charge is 0.469 e. The minimum Gasteiger partial charge on any atom is -0.469 e. The van der Waals surface area contributed by atoms with Gasteiger partial charge in [-0.2, -0.15) is 0 Å². The van der Waals surface area contributed by atoms with Gasteiger partial charge in [-0.25, -0.2) is 0 Å². The minimum absolute atomic E-state index is 0.0490. The second-order valence-electron chi connectivity index (χ2n) is 5.37. The lowest BCUT2D eigenvalue weighted by Gasteiger charge is -2.10. The van der Waals surface area contributed by atoms with E-state index >= 15 is 0 Å².